The van der Waals surface area contributed by atoms with E-state index >= 15 is 0 Å². The molecular weight excluding hydrogens is 376 g/mol. The van der Waals surface area contributed by atoms with Gasteiger partial charge in [0.05, 0.1) is 24.7 Å². The molecule has 0 aromatic carbocycles. The van der Waals surface area contributed by atoms with Gasteiger partial charge in [0.1, 0.15) is 6.10 Å². The highest BCUT2D eigenvalue weighted by Crippen LogP contribution is 2.75. The summed E-state index contributed by atoms with van der Waals surface area (Å²) in [6, 6.07) is 2.10. The lowest BCUT2D eigenvalue weighted by Gasteiger charge is -2.66. The van der Waals surface area contributed by atoms with Gasteiger partial charge in [-0.3, -0.25) is 4.79 Å². The molecule has 1 saturated heterocycles. The van der Waals surface area contributed by atoms with Crippen LogP contribution in [0, 0.1) is 33.5 Å². The lowest BCUT2D eigenvalue weighted by atomic mass is 9.37. The van der Waals surface area contributed by atoms with E-state index in [1.165, 1.54) is 11.1 Å². The van der Waals surface area contributed by atoms with Crippen LogP contribution in [-0.4, -0.2) is 29.2 Å². The fourth-order valence-corrected chi connectivity index (χ4v) is 9.10. The maximum absolute atomic E-state index is 13.0. The average Bonchev–Trinajstić information content (AvgIpc) is 3.16. The summed E-state index contributed by atoms with van der Waals surface area (Å²) >= 11 is 0. The number of ether oxygens (including phenoxy) is 1. The summed E-state index contributed by atoms with van der Waals surface area (Å²) in [4.78, 5) is 13.0. The number of Topliss-reactive ketones (excluding diaryl/α,β-unsaturated/α-hetero) is 1. The second kappa shape index (κ2) is 5.50. The van der Waals surface area contributed by atoms with Crippen molar-refractivity contribution < 1.29 is 19.1 Å². The highest BCUT2D eigenvalue weighted by Gasteiger charge is 2.76. The zero-order valence-corrected chi connectivity index (χ0v) is 18.8. The molecule has 30 heavy (non-hydrogen) atoms. The van der Waals surface area contributed by atoms with E-state index in [2.05, 4.69) is 46.8 Å². The predicted molar refractivity (Wildman–Crippen MR) is 113 cm³/mol. The fourth-order valence-electron chi connectivity index (χ4n) is 9.10. The summed E-state index contributed by atoms with van der Waals surface area (Å²) in [6.07, 6.45) is 9.32. The van der Waals surface area contributed by atoms with E-state index < -0.39 is 11.5 Å². The van der Waals surface area contributed by atoms with Crippen LogP contribution in [0.2, 0.25) is 0 Å². The van der Waals surface area contributed by atoms with Gasteiger partial charge in [-0.2, -0.15) is 0 Å². The van der Waals surface area contributed by atoms with Crippen molar-refractivity contribution in [1.82, 2.24) is 0 Å². The van der Waals surface area contributed by atoms with Crippen LogP contribution in [0.1, 0.15) is 71.8 Å². The van der Waals surface area contributed by atoms with E-state index in [1.807, 2.05) is 6.26 Å². The molecule has 9 atom stereocenters. The zero-order chi connectivity index (χ0) is 21.3. The van der Waals surface area contributed by atoms with Gasteiger partial charge in [0.2, 0.25) is 0 Å². The highest BCUT2D eigenvalue weighted by molar-refractivity contribution is 5.92. The van der Waals surface area contributed by atoms with Crippen LogP contribution in [-0.2, 0) is 9.53 Å². The molecule has 4 fully saturated rings. The summed E-state index contributed by atoms with van der Waals surface area (Å²) in [5.41, 5.74) is 1.96. The molecule has 0 amide bonds. The summed E-state index contributed by atoms with van der Waals surface area (Å²) in [7, 11) is 0. The first-order valence-electron chi connectivity index (χ1n) is 11.7. The van der Waals surface area contributed by atoms with Crippen molar-refractivity contribution in [3.63, 3.8) is 0 Å². The minimum atomic E-state index is -0.446. The van der Waals surface area contributed by atoms with Crippen LogP contribution in [0.15, 0.2) is 34.7 Å². The van der Waals surface area contributed by atoms with E-state index in [0.29, 0.717) is 18.3 Å². The third kappa shape index (κ3) is 1.95. The second-order valence-electron chi connectivity index (χ2n) is 12.0. The van der Waals surface area contributed by atoms with Gasteiger partial charge in [-0.05, 0) is 60.5 Å². The molecule has 1 aromatic heterocycles. The van der Waals surface area contributed by atoms with Crippen LogP contribution >= 0.6 is 0 Å². The van der Waals surface area contributed by atoms with Gasteiger partial charge in [-0.1, -0.05) is 46.3 Å². The number of carbonyl (C=O) groups excluding carboxylic acids is 1. The molecule has 0 spiro atoms. The Hall–Kier alpha value is -1.39. The number of ketones is 1. The van der Waals surface area contributed by atoms with Gasteiger partial charge in [0.15, 0.2) is 5.78 Å². The van der Waals surface area contributed by atoms with Crippen LogP contribution in [0.3, 0.4) is 0 Å². The van der Waals surface area contributed by atoms with E-state index in [1.54, 1.807) is 6.26 Å². The Balaban J connectivity index is 1.45. The van der Waals surface area contributed by atoms with E-state index in [0.717, 1.165) is 19.3 Å². The Kier molecular flexibility index (Phi) is 3.54. The molecule has 2 heterocycles. The third-order valence-corrected chi connectivity index (χ3v) is 10.7. The Morgan fingerprint density at radius 1 is 1.13 bits per heavy atom. The third-order valence-electron chi connectivity index (χ3n) is 10.7. The maximum Gasteiger partial charge on any atom is 0.170 e. The Bertz CT molecular complexity index is 944. The Morgan fingerprint density at radius 2 is 1.90 bits per heavy atom. The van der Waals surface area contributed by atoms with E-state index in [9.17, 15) is 9.90 Å². The van der Waals surface area contributed by atoms with Gasteiger partial charge >= 0.3 is 0 Å². The summed E-state index contributed by atoms with van der Waals surface area (Å²) in [5.74, 6) is 1.14. The highest BCUT2D eigenvalue weighted by atomic mass is 16.6. The number of fused-ring (bicyclic) bond motifs is 7. The van der Waals surface area contributed by atoms with Crippen LogP contribution in [0.4, 0.5) is 0 Å². The van der Waals surface area contributed by atoms with Crippen molar-refractivity contribution >= 4 is 5.78 Å². The zero-order valence-electron chi connectivity index (χ0n) is 18.8. The quantitative estimate of drug-likeness (QED) is 0.529. The van der Waals surface area contributed by atoms with Crippen LogP contribution < -0.4 is 0 Å². The number of aliphatic hydroxyl groups is 1. The molecule has 1 aromatic rings. The number of allylic oxidation sites excluding steroid dienone is 1. The lowest BCUT2D eigenvalue weighted by Crippen LogP contribution is -2.67. The van der Waals surface area contributed by atoms with E-state index in [4.69, 9.17) is 9.15 Å². The summed E-state index contributed by atoms with van der Waals surface area (Å²) < 4.78 is 11.5. The number of hydrogen-bond donors (Lipinski definition) is 1. The average molecular weight is 411 g/mol. The topological polar surface area (TPSA) is 63.0 Å². The summed E-state index contributed by atoms with van der Waals surface area (Å²) in [5, 5.41) is 11.7. The Morgan fingerprint density at radius 3 is 2.60 bits per heavy atom. The number of furan rings is 1. The molecule has 9 unspecified atom stereocenters. The minimum Gasteiger partial charge on any atom is -0.472 e. The molecule has 1 aliphatic heterocycles. The number of rotatable bonds is 1. The number of carbonyl (C=O) groups is 1. The molecule has 1 N–H and O–H groups in total. The molecule has 0 radical (unpaired) electrons. The number of aliphatic hydroxyl groups excluding tert-OH is 1. The first-order chi connectivity index (χ1) is 14.1. The molecule has 0 bridgehead atoms. The minimum absolute atomic E-state index is 0.0240. The van der Waals surface area contributed by atoms with Gasteiger partial charge < -0.3 is 14.3 Å². The molecule has 3 saturated carbocycles. The summed E-state index contributed by atoms with van der Waals surface area (Å²) in [6.45, 7) is 11.3. The monoisotopic (exact) mass is 410 g/mol. The molecule has 4 heteroatoms. The molecule has 6 rings (SSSR count). The fraction of sp³-hybridized carbons (Fsp3) is 0.731. The van der Waals surface area contributed by atoms with Crippen LogP contribution in [0.5, 0.6) is 0 Å². The normalized spacial score (nSPS) is 53.3. The second-order valence-corrected chi connectivity index (χ2v) is 12.0. The van der Waals surface area contributed by atoms with Gasteiger partial charge in [0.25, 0.3) is 0 Å². The molecule has 4 aliphatic carbocycles. The smallest absolute Gasteiger partial charge is 0.170 e. The number of epoxide rings is 1. The van der Waals surface area contributed by atoms with Crippen molar-refractivity contribution in [3.05, 3.63) is 35.8 Å². The maximum atomic E-state index is 13.0. The van der Waals surface area contributed by atoms with Gasteiger partial charge in [-0.25, -0.2) is 0 Å². The standard InChI is InChI=1S/C26H34O4/c1-23(2)18-12-19(27)25(4)16-7-6-15(14-9-11-29-13-14)24(16,3)10-8-17(25)26(18,5)22-20(30-22)21(23)28/h7,9,11,13,15,17-20,22,27H,6,8,10,12H2,1-5H3. The van der Waals surface area contributed by atoms with Gasteiger partial charge in [0, 0.05) is 16.2 Å². The predicted octanol–water partition coefficient (Wildman–Crippen LogP) is 4.88. The van der Waals surface area contributed by atoms with Crippen molar-refractivity contribution in [2.45, 2.75) is 84.5 Å². The Labute approximate surface area is 179 Å². The van der Waals surface area contributed by atoms with Crippen molar-refractivity contribution in [1.29, 1.82) is 0 Å². The van der Waals surface area contributed by atoms with Crippen molar-refractivity contribution in [2.24, 2.45) is 33.5 Å². The molecule has 162 valence electrons. The van der Waals surface area contributed by atoms with Gasteiger partial charge in [-0.15, -0.1) is 0 Å². The lowest BCUT2D eigenvalue weighted by molar-refractivity contribution is -0.185. The SMILES string of the molecule is CC1(C)C(=O)C2OC2C2(C)C1CC(O)C1(C)C3=CCC(c4ccoc4)C3(C)CCC12. The van der Waals surface area contributed by atoms with Crippen molar-refractivity contribution in [3.8, 4) is 0 Å². The largest absolute Gasteiger partial charge is 0.472 e. The number of hydrogen-bond acceptors (Lipinski definition) is 4. The first-order valence-corrected chi connectivity index (χ1v) is 11.7. The molecule has 5 aliphatic rings. The molecule has 4 nitrogen and oxygen atoms in total. The van der Waals surface area contributed by atoms with Crippen LogP contribution in [0.25, 0.3) is 0 Å². The van der Waals surface area contributed by atoms with E-state index in [-0.39, 0.29) is 40.2 Å². The first kappa shape index (κ1) is 19.3. The molecular formula is C26H34O4. The van der Waals surface area contributed by atoms with Crippen molar-refractivity contribution in [2.75, 3.05) is 0 Å².